The highest BCUT2D eigenvalue weighted by atomic mass is 16.6. The van der Waals surface area contributed by atoms with Crippen molar-refractivity contribution in [1.82, 2.24) is 15.1 Å². The van der Waals surface area contributed by atoms with E-state index in [2.05, 4.69) is 20.1 Å². The summed E-state index contributed by atoms with van der Waals surface area (Å²) >= 11 is 0. The molecule has 1 atom stereocenters. The highest BCUT2D eigenvalue weighted by Gasteiger charge is 2.30. The van der Waals surface area contributed by atoms with Crippen LogP contribution in [0.2, 0.25) is 0 Å². The SMILES string of the molecule is CN=C(NCC(=O)OC(C)(C)C)N1CCC(N2CCOCC2)C1. The summed E-state index contributed by atoms with van der Waals surface area (Å²) in [5, 5.41) is 3.12. The summed E-state index contributed by atoms with van der Waals surface area (Å²) in [5.74, 6) is 0.509. The number of nitrogens with one attached hydrogen (secondary N) is 1. The molecule has 0 spiro atoms. The van der Waals surface area contributed by atoms with Gasteiger partial charge in [-0.05, 0) is 27.2 Å². The van der Waals surface area contributed by atoms with Gasteiger partial charge in [0.25, 0.3) is 0 Å². The Morgan fingerprint density at radius 2 is 2.00 bits per heavy atom. The van der Waals surface area contributed by atoms with E-state index in [1.807, 2.05) is 20.8 Å². The lowest BCUT2D eigenvalue weighted by Crippen LogP contribution is -2.47. The molecule has 1 unspecified atom stereocenters. The quantitative estimate of drug-likeness (QED) is 0.457. The molecule has 7 nitrogen and oxygen atoms in total. The molecule has 2 aliphatic heterocycles. The number of morpholine rings is 1. The molecule has 2 fully saturated rings. The first kappa shape index (κ1) is 18.0. The molecular weight excluding hydrogens is 296 g/mol. The number of likely N-dealkylation sites (tertiary alicyclic amines) is 1. The van der Waals surface area contributed by atoms with Gasteiger partial charge in [0.05, 0.1) is 13.2 Å². The Balaban J connectivity index is 1.79. The highest BCUT2D eigenvalue weighted by Crippen LogP contribution is 2.17. The van der Waals surface area contributed by atoms with Crippen molar-refractivity contribution in [2.45, 2.75) is 38.8 Å². The molecule has 2 rings (SSSR count). The van der Waals surface area contributed by atoms with Gasteiger partial charge < -0.3 is 19.7 Å². The summed E-state index contributed by atoms with van der Waals surface area (Å²) in [6.45, 7) is 11.3. The van der Waals surface area contributed by atoms with Crippen molar-refractivity contribution < 1.29 is 14.3 Å². The first-order valence-electron chi connectivity index (χ1n) is 8.38. The molecule has 1 N–H and O–H groups in total. The average Bonchev–Trinajstić information content (AvgIpc) is 2.97. The third-order valence-electron chi connectivity index (χ3n) is 4.05. The molecule has 0 aromatic heterocycles. The number of rotatable bonds is 3. The summed E-state index contributed by atoms with van der Waals surface area (Å²) in [6.07, 6.45) is 1.12. The lowest BCUT2D eigenvalue weighted by molar-refractivity contribution is -0.153. The average molecular weight is 326 g/mol. The van der Waals surface area contributed by atoms with E-state index in [-0.39, 0.29) is 12.5 Å². The number of carbonyl (C=O) groups excluding carboxylic acids is 1. The maximum Gasteiger partial charge on any atom is 0.325 e. The Kier molecular flexibility index (Phi) is 6.24. The van der Waals surface area contributed by atoms with E-state index in [1.54, 1.807) is 7.05 Å². The van der Waals surface area contributed by atoms with Crippen LogP contribution in [0.4, 0.5) is 0 Å². The van der Waals surface area contributed by atoms with Crippen LogP contribution in [0.3, 0.4) is 0 Å². The van der Waals surface area contributed by atoms with Gasteiger partial charge in [-0.1, -0.05) is 0 Å². The van der Waals surface area contributed by atoms with Crippen molar-refractivity contribution in [3.05, 3.63) is 0 Å². The van der Waals surface area contributed by atoms with Crippen molar-refractivity contribution in [1.29, 1.82) is 0 Å². The third kappa shape index (κ3) is 5.66. The van der Waals surface area contributed by atoms with Crippen LogP contribution in [0.15, 0.2) is 4.99 Å². The molecule has 0 bridgehead atoms. The van der Waals surface area contributed by atoms with Crippen LogP contribution in [-0.4, -0.2) is 86.4 Å². The van der Waals surface area contributed by atoms with Gasteiger partial charge in [0.15, 0.2) is 5.96 Å². The number of guanidine groups is 1. The lowest BCUT2D eigenvalue weighted by Gasteiger charge is -2.32. The van der Waals surface area contributed by atoms with E-state index in [9.17, 15) is 4.79 Å². The van der Waals surface area contributed by atoms with Crippen molar-refractivity contribution in [3.63, 3.8) is 0 Å². The van der Waals surface area contributed by atoms with E-state index in [1.165, 1.54) is 0 Å². The molecule has 2 heterocycles. The smallest absolute Gasteiger partial charge is 0.325 e. The fourth-order valence-corrected chi connectivity index (χ4v) is 3.04. The number of ether oxygens (including phenoxy) is 2. The first-order valence-corrected chi connectivity index (χ1v) is 8.38. The molecule has 0 aliphatic carbocycles. The fraction of sp³-hybridized carbons (Fsp3) is 0.875. The topological polar surface area (TPSA) is 66.4 Å². The van der Waals surface area contributed by atoms with Gasteiger partial charge in [-0.25, -0.2) is 0 Å². The van der Waals surface area contributed by atoms with Gasteiger partial charge in [-0.3, -0.25) is 14.7 Å². The third-order valence-corrected chi connectivity index (χ3v) is 4.05. The number of hydrogen-bond acceptors (Lipinski definition) is 5. The van der Waals surface area contributed by atoms with Crippen LogP contribution in [0.1, 0.15) is 27.2 Å². The minimum Gasteiger partial charge on any atom is -0.459 e. The molecule has 0 radical (unpaired) electrons. The zero-order chi connectivity index (χ0) is 16.9. The Labute approximate surface area is 139 Å². The van der Waals surface area contributed by atoms with E-state index >= 15 is 0 Å². The molecule has 0 saturated carbocycles. The largest absolute Gasteiger partial charge is 0.459 e. The maximum atomic E-state index is 11.8. The standard InChI is InChI=1S/C16H30N4O3/c1-16(2,3)23-14(21)11-18-15(17-4)20-6-5-13(12-20)19-7-9-22-10-8-19/h13H,5-12H2,1-4H3,(H,17,18). The summed E-state index contributed by atoms with van der Waals surface area (Å²) in [6, 6.07) is 0.541. The predicted octanol–water partition coefficient (Wildman–Crippen LogP) is 0.310. The van der Waals surface area contributed by atoms with Crippen LogP contribution >= 0.6 is 0 Å². The summed E-state index contributed by atoms with van der Waals surface area (Å²) in [7, 11) is 1.75. The Hall–Kier alpha value is -1.34. The molecule has 2 aliphatic rings. The Morgan fingerprint density at radius 3 is 2.61 bits per heavy atom. The van der Waals surface area contributed by atoms with E-state index in [0.29, 0.717) is 6.04 Å². The second-order valence-corrected chi connectivity index (χ2v) is 7.02. The number of hydrogen-bond donors (Lipinski definition) is 1. The van der Waals surface area contributed by atoms with E-state index in [4.69, 9.17) is 9.47 Å². The molecule has 132 valence electrons. The van der Waals surface area contributed by atoms with Gasteiger partial charge in [0.2, 0.25) is 0 Å². The molecule has 7 heteroatoms. The van der Waals surface area contributed by atoms with Crippen molar-refractivity contribution >= 4 is 11.9 Å². The van der Waals surface area contributed by atoms with Crippen molar-refractivity contribution in [2.24, 2.45) is 4.99 Å². The minimum absolute atomic E-state index is 0.142. The minimum atomic E-state index is -0.461. The van der Waals surface area contributed by atoms with Crippen LogP contribution in [0, 0.1) is 0 Å². The predicted molar refractivity (Wildman–Crippen MR) is 89.6 cm³/mol. The zero-order valence-corrected chi connectivity index (χ0v) is 14.8. The maximum absolute atomic E-state index is 11.8. The molecule has 0 aromatic rings. The monoisotopic (exact) mass is 326 g/mol. The fourth-order valence-electron chi connectivity index (χ4n) is 3.04. The summed E-state index contributed by atoms with van der Waals surface area (Å²) in [5.41, 5.74) is -0.461. The molecule has 0 amide bonds. The number of esters is 1. The number of nitrogens with zero attached hydrogens (tertiary/aromatic N) is 3. The van der Waals surface area contributed by atoms with Gasteiger partial charge in [-0.15, -0.1) is 0 Å². The molecule has 23 heavy (non-hydrogen) atoms. The van der Waals surface area contributed by atoms with E-state index < -0.39 is 5.60 Å². The summed E-state index contributed by atoms with van der Waals surface area (Å²) in [4.78, 5) is 20.8. The normalized spacial score (nSPS) is 23.9. The first-order chi connectivity index (χ1) is 10.9. The molecule has 2 saturated heterocycles. The van der Waals surface area contributed by atoms with Crippen LogP contribution < -0.4 is 5.32 Å². The second-order valence-electron chi connectivity index (χ2n) is 7.02. The number of aliphatic imine (C=N–C) groups is 1. The highest BCUT2D eigenvalue weighted by molar-refractivity contribution is 5.84. The van der Waals surface area contributed by atoms with Gasteiger partial charge in [0, 0.05) is 39.3 Å². The van der Waals surface area contributed by atoms with Crippen LogP contribution in [-0.2, 0) is 14.3 Å². The molecular formula is C16H30N4O3. The second kappa shape index (κ2) is 7.97. The van der Waals surface area contributed by atoms with Crippen LogP contribution in [0.5, 0.6) is 0 Å². The lowest BCUT2D eigenvalue weighted by atomic mass is 10.2. The molecule has 0 aromatic carbocycles. The Morgan fingerprint density at radius 1 is 1.30 bits per heavy atom. The van der Waals surface area contributed by atoms with Gasteiger partial charge >= 0.3 is 5.97 Å². The summed E-state index contributed by atoms with van der Waals surface area (Å²) < 4.78 is 10.7. The van der Waals surface area contributed by atoms with Gasteiger partial charge in [-0.2, -0.15) is 0 Å². The zero-order valence-electron chi connectivity index (χ0n) is 14.8. The van der Waals surface area contributed by atoms with Crippen molar-refractivity contribution in [2.75, 3.05) is 53.0 Å². The van der Waals surface area contributed by atoms with Crippen LogP contribution in [0.25, 0.3) is 0 Å². The van der Waals surface area contributed by atoms with Gasteiger partial charge in [0.1, 0.15) is 12.1 Å². The van der Waals surface area contributed by atoms with E-state index in [0.717, 1.165) is 51.8 Å². The Bertz CT molecular complexity index is 428. The van der Waals surface area contributed by atoms with Crippen molar-refractivity contribution in [3.8, 4) is 0 Å². The number of carbonyl (C=O) groups is 1.